The van der Waals surface area contributed by atoms with Crippen LogP contribution in [0.2, 0.25) is 44.2 Å². The van der Waals surface area contributed by atoms with Crippen LogP contribution in [0.25, 0.3) is 21.4 Å². The molecule has 0 amide bonds. The molecule has 130 heavy (non-hydrogen) atoms. The number of carbonyl (C=O) groups is 1. The van der Waals surface area contributed by atoms with Crippen molar-refractivity contribution < 1.29 is 49.4 Å². The van der Waals surface area contributed by atoms with Gasteiger partial charge in [-0.15, -0.1) is 0 Å². The lowest BCUT2D eigenvalue weighted by molar-refractivity contribution is 0.0992. The molecule has 3 fully saturated rings. The van der Waals surface area contributed by atoms with E-state index in [0.717, 1.165) is 234 Å². The number of morpholine rings is 1. The Morgan fingerprint density at radius 2 is 0.838 bits per heavy atom. The van der Waals surface area contributed by atoms with E-state index in [9.17, 15) is 40.0 Å². The number of piperazine rings is 2. The standard InChI is InChI=1S/C18H21BN2O.C17H20BN3O.C16H14BNO.C16H15BO2.C14H11BN2O2.C12H16BNO2.C10H14BNO/c22-19-9-8-15-6-7-17(14-18(15)19)21-12-10-20(11-13-21)16-4-2-1-3-5-16;22-18-7-6-14-4-5-15(13-16(14)18)20-9-11-21(12-10-20)17-3-1-2-8-19-17;19-17-9-7-12-5-6-14(11-15(12)17)18-10-8-13-3-1-2-4-16(13)18;18-16(14-4-2-1-3-5-14)11-12-6-7-13-8-9-17(19)15(13)10-12;1-16-11-2-5-14(17-9-11)19-12-3-4-13-10(8-12)6-7-15(13)18;15-13-4-3-10-1-2-11(9-12(10)13)14-5-7-16-8-6-14;1-12(2)9-4-3-8-5-6-11(13)10(8)7-9/h1-7,14,22H,8-13H2;1-5,8,13,22H,6-7,9-12H2;1-6,8,10-11,19H,7,9H2;1-7,10,19H,8-9,11H2;2-5,8-9,18H,6-7H2;1-2,9,15H,3-8H2;3-4,7,13H,5-6H2,1-2H3. The molecular weight excluding hydrogens is 1610 g/mol. The highest BCUT2D eigenvalue weighted by atomic mass is 16.5. The van der Waals surface area contributed by atoms with Gasteiger partial charge in [0.15, 0.2) is 5.78 Å². The molecule has 23 rings (SSSR count). The number of hydrogen-bond donors (Lipinski definition) is 7. The number of pyridine rings is 2. The fraction of sp³-hybridized carbons (Fsp3) is 0.282. The predicted molar refractivity (Wildman–Crippen MR) is 537 cm³/mol. The second-order valence-corrected chi connectivity index (χ2v) is 35.4. The van der Waals surface area contributed by atoms with Crippen LogP contribution in [0.4, 0.5) is 39.9 Å². The first-order valence-corrected chi connectivity index (χ1v) is 46.2. The maximum absolute atomic E-state index is 12.1. The Morgan fingerprint density at radius 3 is 1.35 bits per heavy atom. The van der Waals surface area contributed by atoms with Gasteiger partial charge in [-0.2, -0.15) is 0 Å². The van der Waals surface area contributed by atoms with Gasteiger partial charge < -0.3 is 78.6 Å². The maximum Gasteiger partial charge on any atom is 0.324 e. The first-order chi connectivity index (χ1) is 63.5. The molecule has 0 bridgehead atoms. The van der Waals surface area contributed by atoms with Crippen LogP contribution in [0, 0.1) is 6.57 Å². The van der Waals surface area contributed by atoms with E-state index in [1.807, 2.05) is 99.2 Å². The number of aryl methyl sites for hydroxylation is 7. The molecule has 10 aliphatic rings. The SMILES string of the molecule is CN(C)c1ccc2c(c1)B(O)CC2.O=C(Cc1ccc2c(c1)B(O)CC2)c1ccccc1.OB1CCc2ccc(-n3ccc4ccccc43)cc21.OB1CCc2ccc(N3CCN(c4ccccc4)CC3)cc21.OB1CCc2ccc(N3CCN(c4ccccn4)CC3)cc21.OB1CCc2ccc(N3CCOCC3)cc21.[C-]#[N+]c1ccc(Oc2ccc3c(c2)CCB3O)nc1. The zero-order valence-corrected chi connectivity index (χ0v) is 74.4. The van der Waals surface area contributed by atoms with Gasteiger partial charge in [0, 0.05) is 144 Å². The Labute approximate surface area is 766 Å². The molecule has 0 unspecified atom stereocenters. The van der Waals surface area contributed by atoms with Crippen LogP contribution in [-0.4, -0.2) is 197 Å². The highest BCUT2D eigenvalue weighted by molar-refractivity contribution is 6.70. The van der Waals surface area contributed by atoms with Crippen molar-refractivity contribution in [2.24, 2.45) is 0 Å². The third kappa shape index (κ3) is 21.7. The average molecular weight is 1720 g/mol. The zero-order chi connectivity index (χ0) is 89.6. The van der Waals surface area contributed by atoms with Crippen LogP contribution in [0.3, 0.4) is 0 Å². The number of carbonyl (C=O) groups excluding carboxylic acids is 1. The topological polar surface area (TPSA) is 232 Å². The normalized spacial score (nSPS) is 15.8. The number of hydrogen-bond acceptors (Lipinski definition) is 18. The Bertz CT molecular complexity index is 5970. The van der Waals surface area contributed by atoms with Gasteiger partial charge in [-0.1, -0.05) is 161 Å². The number of fused-ring (bicyclic) bond motifs is 8. The van der Waals surface area contributed by atoms with Crippen molar-refractivity contribution in [2.75, 3.05) is 122 Å². The predicted octanol–water partition coefficient (Wildman–Crippen LogP) is 10.1. The molecule has 0 saturated carbocycles. The summed E-state index contributed by atoms with van der Waals surface area (Å²) in [6.07, 6.45) is 18.6. The summed E-state index contributed by atoms with van der Waals surface area (Å²) >= 11 is 0. The van der Waals surface area contributed by atoms with Gasteiger partial charge in [0.1, 0.15) is 11.6 Å². The van der Waals surface area contributed by atoms with Gasteiger partial charge >= 0.3 is 48.4 Å². The minimum atomic E-state index is -0.359. The molecule has 3 aromatic heterocycles. The van der Waals surface area contributed by atoms with Gasteiger partial charge in [0.25, 0.3) is 0 Å². The van der Waals surface area contributed by atoms with Crippen molar-refractivity contribution in [1.29, 1.82) is 0 Å². The highest BCUT2D eigenvalue weighted by Crippen LogP contribution is 2.31. The highest BCUT2D eigenvalue weighted by Gasteiger charge is 2.33. The molecule has 10 aliphatic heterocycles. The minimum Gasteiger partial charge on any atom is -0.446 e. The number of para-hydroxylation sites is 2. The Kier molecular flexibility index (Phi) is 29.2. The molecule has 0 aliphatic carbocycles. The minimum absolute atomic E-state index is 0.119. The summed E-state index contributed by atoms with van der Waals surface area (Å²) in [5.41, 5.74) is 27.2. The summed E-state index contributed by atoms with van der Waals surface area (Å²) in [7, 11) is 4.03. The van der Waals surface area contributed by atoms with E-state index in [1.54, 1.807) is 12.1 Å². The van der Waals surface area contributed by atoms with Crippen LogP contribution >= 0.6 is 0 Å². The van der Waals surface area contributed by atoms with Crippen molar-refractivity contribution in [3.8, 4) is 17.3 Å². The Morgan fingerprint density at radius 1 is 0.400 bits per heavy atom. The number of anilines is 6. The van der Waals surface area contributed by atoms with Gasteiger partial charge in [-0.25, -0.2) is 14.8 Å². The second kappa shape index (κ2) is 42.2. The van der Waals surface area contributed by atoms with Crippen molar-refractivity contribution in [1.82, 2.24) is 14.5 Å². The van der Waals surface area contributed by atoms with Crippen molar-refractivity contribution in [2.45, 2.75) is 95.6 Å². The average Bonchev–Trinajstić information content (AvgIpc) is 1.64. The molecule has 7 N–H and O–H groups in total. The molecule has 0 atom stereocenters. The van der Waals surface area contributed by atoms with Gasteiger partial charge in [-0.3, -0.25) is 4.79 Å². The second-order valence-electron chi connectivity index (χ2n) is 35.4. The molecule has 3 saturated heterocycles. The van der Waals surface area contributed by atoms with Crippen LogP contribution in [0.1, 0.15) is 54.9 Å². The Hall–Kier alpha value is -12.1. The number of benzene rings is 10. The lowest BCUT2D eigenvalue weighted by Gasteiger charge is -2.37. The summed E-state index contributed by atoms with van der Waals surface area (Å²) < 4.78 is 13.2. The molecule has 13 aromatic rings. The van der Waals surface area contributed by atoms with Gasteiger partial charge in [0.2, 0.25) is 11.6 Å². The van der Waals surface area contributed by atoms with E-state index in [-0.39, 0.29) is 54.2 Å². The van der Waals surface area contributed by atoms with Gasteiger partial charge in [-0.05, 0) is 265 Å². The van der Waals surface area contributed by atoms with E-state index in [4.69, 9.17) is 16.0 Å². The maximum atomic E-state index is 12.1. The van der Waals surface area contributed by atoms with Crippen molar-refractivity contribution >= 4 is 143 Å². The third-order valence-electron chi connectivity index (χ3n) is 27.0. The summed E-state index contributed by atoms with van der Waals surface area (Å²) in [6.45, 7) is 16.4. The summed E-state index contributed by atoms with van der Waals surface area (Å²) in [6, 6.07) is 84.0. The zero-order valence-electron chi connectivity index (χ0n) is 74.4. The van der Waals surface area contributed by atoms with Crippen molar-refractivity contribution in [3.63, 3.8) is 0 Å². The summed E-state index contributed by atoms with van der Waals surface area (Å²) in [4.78, 5) is 37.9. The van der Waals surface area contributed by atoms with Crippen LogP contribution in [-0.2, 0) is 56.1 Å². The molecule has 13 heterocycles. The molecule has 0 spiro atoms. The number of ether oxygens (including phenoxy) is 2. The lowest BCUT2D eigenvalue weighted by Crippen LogP contribution is -2.47. The fourth-order valence-corrected chi connectivity index (χ4v) is 19.5. The lowest BCUT2D eigenvalue weighted by atomic mass is 9.63. The first kappa shape index (κ1) is 89.9. The molecule has 27 heteroatoms. The number of aromatic nitrogens is 3. The molecular formula is C103H111B7N10O10. The van der Waals surface area contributed by atoms with E-state index in [2.05, 4.69) is 213 Å². The molecule has 20 nitrogen and oxygen atoms in total. The molecule has 654 valence electrons. The molecule has 0 radical (unpaired) electrons. The smallest absolute Gasteiger partial charge is 0.324 e. The van der Waals surface area contributed by atoms with Crippen LogP contribution in [0.5, 0.6) is 11.6 Å². The van der Waals surface area contributed by atoms with Crippen LogP contribution in [0.15, 0.2) is 267 Å². The molecule has 10 aromatic carbocycles. The number of Topliss-reactive ketones (excluding diaryl/α,β-unsaturated/α-hetero) is 1. The largest absolute Gasteiger partial charge is 0.446 e. The van der Waals surface area contributed by atoms with E-state index in [0.29, 0.717) is 23.7 Å². The van der Waals surface area contributed by atoms with E-state index < -0.39 is 0 Å². The number of nitrogens with zero attached hydrogens (tertiary/aromatic N) is 10. The van der Waals surface area contributed by atoms with E-state index in [1.165, 1.54) is 78.9 Å². The van der Waals surface area contributed by atoms with Crippen molar-refractivity contribution in [3.05, 3.63) is 329 Å². The van der Waals surface area contributed by atoms with Crippen LogP contribution < -0.4 is 72.4 Å². The monoisotopic (exact) mass is 1720 g/mol. The van der Waals surface area contributed by atoms with E-state index >= 15 is 0 Å². The fourth-order valence-electron chi connectivity index (χ4n) is 19.5. The first-order valence-electron chi connectivity index (χ1n) is 46.2. The Balaban J connectivity index is 0.000000107. The number of ketones is 1. The van der Waals surface area contributed by atoms with Gasteiger partial charge in [0.05, 0.1) is 25.3 Å². The third-order valence-corrected chi connectivity index (χ3v) is 27.0. The summed E-state index contributed by atoms with van der Waals surface area (Å²) in [5.74, 6) is 2.35. The summed E-state index contributed by atoms with van der Waals surface area (Å²) in [5, 5.41) is 70.5. The quantitative estimate of drug-likeness (QED) is 0.0343. The number of rotatable bonds is 12.